The highest BCUT2D eigenvalue weighted by Gasteiger charge is 2.49. The Morgan fingerprint density at radius 3 is 2.70 bits per heavy atom. The molecule has 9 heteroatoms. The van der Waals surface area contributed by atoms with Crippen LogP contribution < -0.4 is 5.32 Å². The normalized spacial score (nSPS) is 22.5. The molecule has 0 bridgehead atoms. The van der Waals surface area contributed by atoms with Crippen LogP contribution in [0.2, 0.25) is 0 Å². The number of nitrogens with zero attached hydrogens (tertiary/aromatic N) is 3. The van der Waals surface area contributed by atoms with Crippen LogP contribution in [-0.2, 0) is 16.0 Å². The van der Waals surface area contributed by atoms with Crippen molar-refractivity contribution in [3.8, 4) is 0 Å². The highest BCUT2D eigenvalue weighted by Crippen LogP contribution is 2.28. The summed E-state index contributed by atoms with van der Waals surface area (Å²) in [5, 5.41) is 2.92. The predicted octanol–water partition coefficient (Wildman–Crippen LogP) is 0.935. The monoisotopic (exact) mass is 380 g/mol. The maximum atomic E-state index is 13.8. The first kappa shape index (κ1) is 18.1. The second-order valence-corrected chi connectivity index (χ2v) is 7.68. The van der Waals surface area contributed by atoms with Crippen molar-refractivity contribution in [1.29, 1.82) is 0 Å². The molecule has 3 aliphatic rings. The third kappa shape index (κ3) is 3.73. The van der Waals surface area contributed by atoms with Gasteiger partial charge in [0.15, 0.2) is 0 Å². The number of pyridine rings is 1. The van der Waals surface area contributed by atoms with E-state index in [1.54, 1.807) is 9.80 Å². The molecule has 0 aliphatic carbocycles. The number of morpholine rings is 1. The maximum Gasteiger partial charge on any atom is 0.320 e. The van der Waals surface area contributed by atoms with Crippen molar-refractivity contribution in [2.24, 2.45) is 5.92 Å². The van der Waals surface area contributed by atoms with Gasteiger partial charge in [0.2, 0.25) is 5.91 Å². The first-order valence-electron chi connectivity index (χ1n) is 9.17. The van der Waals surface area contributed by atoms with Crippen LogP contribution in [0.5, 0.6) is 0 Å². The zero-order chi connectivity index (χ0) is 19.0. The number of aromatic nitrogens is 1. The van der Waals surface area contributed by atoms with Gasteiger partial charge in [0.1, 0.15) is 18.2 Å². The molecule has 0 atom stereocenters. The molecule has 1 spiro atoms. The van der Waals surface area contributed by atoms with Crippen LogP contribution in [0.4, 0.5) is 13.6 Å². The molecule has 3 fully saturated rings. The minimum absolute atomic E-state index is 0.0371. The van der Waals surface area contributed by atoms with E-state index in [-0.39, 0.29) is 30.2 Å². The van der Waals surface area contributed by atoms with E-state index in [0.717, 1.165) is 25.1 Å². The first-order chi connectivity index (χ1) is 12.9. The van der Waals surface area contributed by atoms with Crippen LogP contribution in [0.25, 0.3) is 0 Å². The molecule has 3 amide bonds. The lowest BCUT2D eigenvalue weighted by Gasteiger charge is -2.52. The second kappa shape index (κ2) is 7.03. The van der Waals surface area contributed by atoms with Crippen molar-refractivity contribution in [2.75, 3.05) is 39.4 Å². The van der Waals surface area contributed by atoms with E-state index in [0.29, 0.717) is 39.2 Å². The van der Waals surface area contributed by atoms with Crippen LogP contribution in [0, 0.1) is 17.6 Å². The van der Waals surface area contributed by atoms with Crippen molar-refractivity contribution < 1.29 is 23.1 Å². The van der Waals surface area contributed by atoms with E-state index in [1.165, 1.54) is 0 Å². The molecular formula is C18H22F2N4O3. The van der Waals surface area contributed by atoms with Gasteiger partial charge in [-0.05, 0) is 25.2 Å². The first-order valence-corrected chi connectivity index (χ1v) is 9.17. The number of ether oxygens (including phenoxy) is 1. The van der Waals surface area contributed by atoms with Crippen molar-refractivity contribution in [1.82, 2.24) is 20.1 Å². The molecule has 0 aromatic carbocycles. The fraction of sp³-hybridized carbons (Fsp3) is 0.611. The summed E-state index contributed by atoms with van der Waals surface area (Å²) >= 11 is 0. The summed E-state index contributed by atoms with van der Waals surface area (Å²) in [6.07, 6.45) is 2.99. The van der Waals surface area contributed by atoms with Gasteiger partial charge in [0, 0.05) is 32.2 Å². The predicted molar refractivity (Wildman–Crippen MR) is 90.8 cm³/mol. The Morgan fingerprint density at radius 1 is 1.30 bits per heavy atom. The molecule has 3 aliphatic heterocycles. The Kier molecular flexibility index (Phi) is 4.71. The van der Waals surface area contributed by atoms with Gasteiger partial charge in [-0.25, -0.2) is 13.6 Å². The van der Waals surface area contributed by atoms with E-state index in [2.05, 4.69) is 10.3 Å². The van der Waals surface area contributed by atoms with Gasteiger partial charge in [-0.15, -0.1) is 0 Å². The molecule has 0 radical (unpaired) electrons. The summed E-state index contributed by atoms with van der Waals surface area (Å²) in [7, 11) is 0. The van der Waals surface area contributed by atoms with E-state index in [4.69, 9.17) is 4.74 Å². The zero-order valence-corrected chi connectivity index (χ0v) is 14.9. The molecule has 0 unspecified atom stereocenters. The fourth-order valence-electron chi connectivity index (χ4n) is 4.09. The number of rotatable bonds is 2. The molecule has 1 N–H and O–H groups in total. The van der Waals surface area contributed by atoms with Gasteiger partial charge >= 0.3 is 6.03 Å². The lowest BCUT2D eigenvalue weighted by molar-refractivity contribution is -0.141. The SMILES string of the molecule is O=C1COCC2(CN(C(=O)N3CCC(Cc4ncc(F)cc4F)CC3)C2)N1. The second-order valence-electron chi connectivity index (χ2n) is 7.68. The van der Waals surface area contributed by atoms with E-state index < -0.39 is 17.2 Å². The highest BCUT2D eigenvalue weighted by molar-refractivity contribution is 5.81. The van der Waals surface area contributed by atoms with Gasteiger partial charge in [-0.2, -0.15) is 0 Å². The quantitative estimate of drug-likeness (QED) is 0.829. The number of halogens is 2. The Labute approximate surface area is 155 Å². The number of amides is 3. The minimum Gasteiger partial charge on any atom is -0.369 e. The fourth-order valence-corrected chi connectivity index (χ4v) is 4.09. The standard InChI is InChI=1S/C18H22F2N4O3/c19-13-6-14(20)15(21-7-13)5-12-1-3-23(4-2-12)17(26)24-9-18(10-24)11-27-8-16(25)22-18/h6-7,12H,1-5,8-11H2,(H,22,25). The number of hydrogen-bond donors (Lipinski definition) is 1. The molecule has 1 aromatic heterocycles. The lowest BCUT2D eigenvalue weighted by Crippen LogP contribution is -2.76. The van der Waals surface area contributed by atoms with Crippen LogP contribution in [0.15, 0.2) is 12.3 Å². The molecule has 4 heterocycles. The Morgan fingerprint density at radius 2 is 2.04 bits per heavy atom. The van der Waals surface area contributed by atoms with Crippen LogP contribution in [0.1, 0.15) is 18.5 Å². The summed E-state index contributed by atoms with van der Waals surface area (Å²) in [4.78, 5) is 31.5. The van der Waals surface area contributed by atoms with Crippen LogP contribution in [-0.4, -0.2) is 71.7 Å². The van der Waals surface area contributed by atoms with Gasteiger partial charge in [-0.3, -0.25) is 9.78 Å². The summed E-state index contributed by atoms with van der Waals surface area (Å²) in [6.45, 7) is 2.62. The third-order valence-electron chi connectivity index (χ3n) is 5.52. The molecule has 4 rings (SSSR count). The largest absolute Gasteiger partial charge is 0.369 e. The summed E-state index contributed by atoms with van der Waals surface area (Å²) in [6, 6.07) is 0.819. The highest BCUT2D eigenvalue weighted by atomic mass is 19.1. The number of nitrogens with one attached hydrogen (secondary N) is 1. The van der Waals surface area contributed by atoms with E-state index >= 15 is 0 Å². The van der Waals surface area contributed by atoms with E-state index in [9.17, 15) is 18.4 Å². The summed E-state index contributed by atoms with van der Waals surface area (Å²) in [5.74, 6) is -1.22. The zero-order valence-electron chi connectivity index (χ0n) is 14.9. The van der Waals surface area contributed by atoms with Crippen LogP contribution in [0.3, 0.4) is 0 Å². The Hall–Kier alpha value is -2.29. The molecule has 7 nitrogen and oxygen atoms in total. The average molecular weight is 380 g/mol. The third-order valence-corrected chi connectivity index (χ3v) is 5.52. The number of hydrogen-bond acceptors (Lipinski definition) is 4. The molecular weight excluding hydrogens is 358 g/mol. The van der Waals surface area contributed by atoms with Crippen molar-refractivity contribution >= 4 is 11.9 Å². The van der Waals surface area contributed by atoms with Gasteiger partial charge in [0.25, 0.3) is 0 Å². The van der Waals surface area contributed by atoms with Crippen molar-refractivity contribution in [3.63, 3.8) is 0 Å². The average Bonchev–Trinajstić information content (AvgIpc) is 2.62. The molecule has 146 valence electrons. The molecule has 1 aromatic rings. The van der Waals surface area contributed by atoms with Crippen LogP contribution >= 0.6 is 0 Å². The van der Waals surface area contributed by atoms with Crippen molar-refractivity contribution in [3.05, 3.63) is 29.6 Å². The maximum absolute atomic E-state index is 13.8. The number of likely N-dealkylation sites (tertiary alicyclic amines) is 2. The Balaban J connectivity index is 1.26. The lowest BCUT2D eigenvalue weighted by atomic mass is 9.89. The topological polar surface area (TPSA) is 74.8 Å². The molecule has 3 saturated heterocycles. The van der Waals surface area contributed by atoms with Gasteiger partial charge in [-0.1, -0.05) is 0 Å². The van der Waals surface area contributed by atoms with Gasteiger partial charge < -0.3 is 19.9 Å². The number of urea groups is 1. The number of carbonyl (C=O) groups is 2. The Bertz CT molecular complexity index is 746. The summed E-state index contributed by atoms with van der Waals surface area (Å²) < 4.78 is 32.0. The minimum atomic E-state index is -0.677. The summed E-state index contributed by atoms with van der Waals surface area (Å²) in [5.41, 5.74) is -0.159. The van der Waals surface area contributed by atoms with Gasteiger partial charge in [0.05, 0.1) is 24.0 Å². The van der Waals surface area contributed by atoms with Crippen molar-refractivity contribution in [2.45, 2.75) is 24.8 Å². The molecule has 0 saturated carbocycles. The van der Waals surface area contributed by atoms with E-state index in [1.807, 2.05) is 0 Å². The number of piperidine rings is 1. The number of carbonyl (C=O) groups excluding carboxylic acids is 2. The smallest absolute Gasteiger partial charge is 0.320 e. The molecule has 27 heavy (non-hydrogen) atoms.